The number of hydrogen-bond acceptors (Lipinski definition) is 3. The summed E-state index contributed by atoms with van der Waals surface area (Å²) in [4.78, 5) is 2.49. The van der Waals surface area contributed by atoms with Gasteiger partial charge in [-0.3, -0.25) is 4.90 Å². The molecule has 1 aliphatic rings. The second-order valence-corrected chi connectivity index (χ2v) is 5.88. The molecule has 1 atom stereocenters. The van der Waals surface area contributed by atoms with Crippen molar-refractivity contribution in [3.8, 4) is 0 Å². The molecule has 2 N–H and O–H groups in total. The minimum atomic E-state index is 0.328. The SMILES string of the molecule is COCc1ccc(C(CN)N(C)C2CCCCC2)cc1. The highest BCUT2D eigenvalue weighted by Gasteiger charge is 2.24. The van der Waals surface area contributed by atoms with Gasteiger partial charge in [-0.05, 0) is 31.0 Å². The molecule has 1 aliphatic carbocycles. The largest absolute Gasteiger partial charge is 0.380 e. The zero-order valence-electron chi connectivity index (χ0n) is 12.8. The molecule has 1 aromatic rings. The highest BCUT2D eigenvalue weighted by Crippen LogP contribution is 2.28. The molecule has 1 saturated carbocycles. The fourth-order valence-corrected chi connectivity index (χ4v) is 3.28. The Hall–Kier alpha value is -0.900. The van der Waals surface area contributed by atoms with Crippen LogP contribution >= 0.6 is 0 Å². The van der Waals surface area contributed by atoms with Crippen LogP contribution in [0.5, 0.6) is 0 Å². The van der Waals surface area contributed by atoms with E-state index in [0.29, 0.717) is 25.2 Å². The summed E-state index contributed by atoms with van der Waals surface area (Å²) in [5.41, 5.74) is 8.58. The highest BCUT2D eigenvalue weighted by atomic mass is 16.5. The van der Waals surface area contributed by atoms with Crippen LogP contribution in [0.1, 0.15) is 49.3 Å². The topological polar surface area (TPSA) is 38.5 Å². The van der Waals surface area contributed by atoms with Gasteiger partial charge in [0.1, 0.15) is 0 Å². The molecular weight excluding hydrogens is 248 g/mol. The molecule has 1 aromatic carbocycles. The van der Waals surface area contributed by atoms with E-state index in [1.165, 1.54) is 43.2 Å². The van der Waals surface area contributed by atoms with Gasteiger partial charge in [-0.1, -0.05) is 43.5 Å². The predicted octanol–water partition coefficient (Wildman–Crippen LogP) is 3.10. The Morgan fingerprint density at radius 1 is 1.20 bits per heavy atom. The van der Waals surface area contributed by atoms with Gasteiger partial charge < -0.3 is 10.5 Å². The first-order valence-corrected chi connectivity index (χ1v) is 7.76. The van der Waals surface area contributed by atoms with Gasteiger partial charge in [-0.2, -0.15) is 0 Å². The van der Waals surface area contributed by atoms with Gasteiger partial charge >= 0.3 is 0 Å². The molecule has 2 rings (SSSR count). The maximum absolute atomic E-state index is 6.04. The van der Waals surface area contributed by atoms with Crippen molar-refractivity contribution < 1.29 is 4.74 Å². The lowest BCUT2D eigenvalue weighted by Crippen LogP contribution is -2.39. The molecule has 0 aliphatic heterocycles. The lowest BCUT2D eigenvalue weighted by molar-refractivity contribution is 0.140. The molecule has 20 heavy (non-hydrogen) atoms. The molecule has 112 valence electrons. The lowest BCUT2D eigenvalue weighted by atomic mass is 9.92. The van der Waals surface area contributed by atoms with Crippen LogP contribution in [-0.2, 0) is 11.3 Å². The van der Waals surface area contributed by atoms with Crippen molar-refractivity contribution in [3.05, 3.63) is 35.4 Å². The van der Waals surface area contributed by atoms with Crippen molar-refractivity contribution in [1.82, 2.24) is 4.90 Å². The molecule has 0 saturated heterocycles. The van der Waals surface area contributed by atoms with E-state index in [1.54, 1.807) is 7.11 Å². The highest BCUT2D eigenvalue weighted by molar-refractivity contribution is 5.25. The van der Waals surface area contributed by atoms with E-state index in [4.69, 9.17) is 10.5 Å². The third kappa shape index (κ3) is 3.81. The van der Waals surface area contributed by atoms with Crippen LogP contribution in [0, 0.1) is 0 Å². The Morgan fingerprint density at radius 3 is 2.40 bits per heavy atom. The minimum absolute atomic E-state index is 0.328. The Bertz CT molecular complexity index is 384. The van der Waals surface area contributed by atoms with Gasteiger partial charge in [-0.15, -0.1) is 0 Å². The molecule has 0 aromatic heterocycles. The molecule has 3 heteroatoms. The number of ether oxygens (including phenoxy) is 1. The van der Waals surface area contributed by atoms with Crippen LogP contribution in [0.3, 0.4) is 0 Å². The molecule has 1 unspecified atom stereocenters. The monoisotopic (exact) mass is 276 g/mol. The number of methoxy groups -OCH3 is 1. The van der Waals surface area contributed by atoms with E-state index in [2.05, 4.69) is 36.2 Å². The third-order valence-electron chi connectivity index (χ3n) is 4.54. The van der Waals surface area contributed by atoms with E-state index in [9.17, 15) is 0 Å². The first-order valence-electron chi connectivity index (χ1n) is 7.76. The summed E-state index contributed by atoms with van der Waals surface area (Å²) >= 11 is 0. The van der Waals surface area contributed by atoms with Gasteiger partial charge in [0.15, 0.2) is 0 Å². The van der Waals surface area contributed by atoms with Crippen LogP contribution in [0.25, 0.3) is 0 Å². The second-order valence-electron chi connectivity index (χ2n) is 5.88. The first kappa shape index (κ1) is 15.5. The van der Waals surface area contributed by atoms with E-state index in [-0.39, 0.29) is 0 Å². The fraction of sp³-hybridized carbons (Fsp3) is 0.647. The van der Waals surface area contributed by atoms with Crippen molar-refractivity contribution in [1.29, 1.82) is 0 Å². The summed E-state index contributed by atoms with van der Waals surface area (Å²) in [6.45, 7) is 1.35. The Balaban J connectivity index is 2.05. The molecule has 1 fully saturated rings. The summed E-state index contributed by atoms with van der Waals surface area (Å²) in [7, 11) is 3.96. The number of nitrogens with zero attached hydrogens (tertiary/aromatic N) is 1. The van der Waals surface area contributed by atoms with Gasteiger partial charge in [0.25, 0.3) is 0 Å². The van der Waals surface area contributed by atoms with Gasteiger partial charge in [0, 0.05) is 25.7 Å². The summed E-state index contributed by atoms with van der Waals surface area (Å²) in [6, 6.07) is 9.72. The molecule has 0 spiro atoms. The summed E-state index contributed by atoms with van der Waals surface area (Å²) in [5.74, 6) is 0. The van der Waals surface area contributed by atoms with Crippen molar-refractivity contribution in [2.24, 2.45) is 5.73 Å². The average molecular weight is 276 g/mol. The Kier molecular flexibility index (Phi) is 6.02. The third-order valence-corrected chi connectivity index (χ3v) is 4.54. The van der Waals surface area contributed by atoms with Crippen molar-refractivity contribution in [2.75, 3.05) is 20.7 Å². The van der Waals surface area contributed by atoms with Crippen molar-refractivity contribution in [2.45, 2.75) is 50.8 Å². The fourth-order valence-electron chi connectivity index (χ4n) is 3.28. The number of rotatable bonds is 6. The smallest absolute Gasteiger partial charge is 0.0713 e. The normalized spacial score (nSPS) is 18.4. The number of hydrogen-bond donors (Lipinski definition) is 1. The van der Waals surface area contributed by atoms with Crippen molar-refractivity contribution in [3.63, 3.8) is 0 Å². The number of benzene rings is 1. The molecule has 0 amide bonds. The van der Waals surface area contributed by atoms with Gasteiger partial charge in [0.05, 0.1) is 6.61 Å². The van der Waals surface area contributed by atoms with Crippen LogP contribution in [-0.4, -0.2) is 31.6 Å². The zero-order valence-corrected chi connectivity index (χ0v) is 12.8. The van der Waals surface area contributed by atoms with Crippen LogP contribution in [0.4, 0.5) is 0 Å². The summed E-state index contributed by atoms with van der Waals surface area (Å²) < 4.78 is 5.16. The van der Waals surface area contributed by atoms with Gasteiger partial charge in [-0.25, -0.2) is 0 Å². The zero-order chi connectivity index (χ0) is 14.4. The second kappa shape index (κ2) is 7.77. The van der Waals surface area contributed by atoms with E-state index < -0.39 is 0 Å². The van der Waals surface area contributed by atoms with E-state index in [1.807, 2.05) is 0 Å². The number of nitrogens with two attached hydrogens (primary N) is 1. The molecule has 0 radical (unpaired) electrons. The molecule has 0 bridgehead atoms. The molecular formula is C17H28N2O. The summed E-state index contributed by atoms with van der Waals surface area (Å²) in [5, 5.41) is 0. The summed E-state index contributed by atoms with van der Waals surface area (Å²) in [6.07, 6.45) is 6.74. The van der Waals surface area contributed by atoms with Crippen LogP contribution < -0.4 is 5.73 Å². The molecule has 0 heterocycles. The van der Waals surface area contributed by atoms with E-state index in [0.717, 1.165) is 0 Å². The van der Waals surface area contributed by atoms with Crippen LogP contribution in [0.2, 0.25) is 0 Å². The quantitative estimate of drug-likeness (QED) is 0.867. The average Bonchev–Trinajstić information content (AvgIpc) is 2.51. The minimum Gasteiger partial charge on any atom is -0.380 e. The van der Waals surface area contributed by atoms with Gasteiger partial charge in [0.2, 0.25) is 0 Å². The number of likely N-dealkylation sites (N-methyl/N-ethyl adjacent to an activating group) is 1. The maximum Gasteiger partial charge on any atom is 0.0713 e. The maximum atomic E-state index is 6.04. The lowest BCUT2D eigenvalue weighted by Gasteiger charge is -2.37. The van der Waals surface area contributed by atoms with Crippen molar-refractivity contribution >= 4 is 0 Å². The van der Waals surface area contributed by atoms with Crippen LogP contribution in [0.15, 0.2) is 24.3 Å². The standard InChI is InChI=1S/C17H28N2O/c1-19(16-6-4-3-5-7-16)17(12-18)15-10-8-14(9-11-15)13-20-2/h8-11,16-17H,3-7,12-13,18H2,1-2H3. The Morgan fingerprint density at radius 2 is 1.85 bits per heavy atom. The predicted molar refractivity (Wildman–Crippen MR) is 83.6 cm³/mol. The molecule has 3 nitrogen and oxygen atoms in total. The Labute approximate surface area is 123 Å². The first-order chi connectivity index (χ1) is 9.76. The van der Waals surface area contributed by atoms with E-state index >= 15 is 0 Å².